The van der Waals surface area contributed by atoms with E-state index in [9.17, 15) is 18.0 Å². The molecular formula is C14H17F3N2O. The molecule has 1 aliphatic carbocycles. The summed E-state index contributed by atoms with van der Waals surface area (Å²) in [6.45, 7) is 0.387. The Morgan fingerprint density at radius 1 is 1.15 bits per heavy atom. The predicted octanol–water partition coefficient (Wildman–Crippen LogP) is 2.81. The first-order valence-electron chi connectivity index (χ1n) is 6.68. The fourth-order valence-corrected chi connectivity index (χ4v) is 2.68. The third-order valence-electron chi connectivity index (χ3n) is 3.82. The van der Waals surface area contributed by atoms with Crippen LogP contribution in [-0.2, 0) is 4.79 Å². The number of carbonyl (C=O) groups is 1. The van der Waals surface area contributed by atoms with E-state index in [1.165, 1.54) is 0 Å². The molecule has 6 heteroatoms. The maximum atomic E-state index is 13.5. The third kappa shape index (κ3) is 3.12. The number of rotatable bonds is 3. The predicted molar refractivity (Wildman–Crippen MR) is 69.4 cm³/mol. The van der Waals surface area contributed by atoms with Crippen LogP contribution in [-0.4, -0.2) is 12.5 Å². The van der Waals surface area contributed by atoms with E-state index < -0.39 is 17.5 Å². The summed E-state index contributed by atoms with van der Waals surface area (Å²) in [6.07, 6.45) is 3.47. The molecule has 1 aliphatic rings. The van der Waals surface area contributed by atoms with Gasteiger partial charge >= 0.3 is 0 Å². The number of carbonyl (C=O) groups excluding carboxylic acids is 1. The van der Waals surface area contributed by atoms with Crippen molar-refractivity contribution in [2.45, 2.75) is 25.7 Å². The molecule has 3 N–H and O–H groups in total. The smallest absolute Gasteiger partial charge is 0.227 e. The molecule has 0 heterocycles. The van der Waals surface area contributed by atoms with Gasteiger partial charge in [-0.1, -0.05) is 12.8 Å². The number of halogens is 3. The van der Waals surface area contributed by atoms with Crippen molar-refractivity contribution in [2.24, 2.45) is 17.6 Å². The van der Waals surface area contributed by atoms with Crippen LogP contribution in [0.15, 0.2) is 12.1 Å². The summed E-state index contributed by atoms with van der Waals surface area (Å²) >= 11 is 0. The summed E-state index contributed by atoms with van der Waals surface area (Å²) in [7, 11) is 0. The monoisotopic (exact) mass is 286 g/mol. The SMILES string of the molecule is NCC1CCCCC1C(=O)Nc1cc(F)c(F)cc1F. The van der Waals surface area contributed by atoms with Gasteiger partial charge in [-0.2, -0.15) is 0 Å². The molecule has 1 saturated carbocycles. The van der Waals surface area contributed by atoms with Crippen LogP contribution in [0.4, 0.5) is 18.9 Å². The second kappa shape index (κ2) is 6.26. The average Bonchev–Trinajstić information content (AvgIpc) is 2.44. The van der Waals surface area contributed by atoms with Gasteiger partial charge < -0.3 is 11.1 Å². The molecule has 0 saturated heterocycles. The molecule has 0 spiro atoms. The van der Waals surface area contributed by atoms with Gasteiger partial charge in [-0.3, -0.25) is 4.79 Å². The molecule has 2 atom stereocenters. The van der Waals surface area contributed by atoms with Crippen LogP contribution in [0.2, 0.25) is 0 Å². The van der Waals surface area contributed by atoms with E-state index in [-0.39, 0.29) is 23.4 Å². The molecule has 0 radical (unpaired) electrons. The molecule has 1 amide bonds. The number of hydrogen-bond donors (Lipinski definition) is 2. The van der Waals surface area contributed by atoms with Crippen LogP contribution in [0.5, 0.6) is 0 Å². The van der Waals surface area contributed by atoms with Crippen LogP contribution in [0.1, 0.15) is 25.7 Å². The molecule has 0 aromatic heterocycles. The van der Waals surface area contributed by atoms with Crippen molar-refractivity contribution in [3.63, 3.8) is 0 Å². The highest BCUT2D eigenvalue weighted by Crippen LogP contribution is 2.30. The second-order valence-electron chi connectivity index (χ2n) is 5.12. The number of amides is 1. The normalized spacial score (nSPS) is 22.6. The topological polar surface area (TPSA) is 55.1 Å². The van der Waals surface area contributed by atoms with E-state index in [2.05, 4.69) is 5.32 Å². The van der Waals surface area contributed by atoms with E-state index in [1.54, 1.807) is 0 Å². The van der Waals surface area contributed by atoms with E-state index >= 15 is 0 Å². The number of nitrogens with one attached hydrogen (secondary N) is 1. The van der Waals surface area contributed by atoms with Gasteiger partial charge in [-0.25, -0.2) is 13.2 Å². The molecule has 3 nitrogen and oxygen atoms in total. The molecule has 1 aromatic rings. The zero-order valence-corrected chi connectivity index (χ0v) is 11.0. The summed E-state index contributed by atoms with van der Waals surface area (Å²) < 4.78 is 39.4. The Hall–Kier alpha value is -1.56. The van der Waals surface area contributed by atoms with Crippen molar-refractivity contribution in [2.75, 3.05) is 11.9 Å². The maximum Gasteiger partial charge on any atom is 0.227 e. The summed E-state index contributed by atoms with van der Waals surface area (Å²) in [5, 5.41) is 2.34. The van der Waals surface area contributed by atoms with Crippen LogP contribution < -0.4 is 11.1 Å². The van der Waals surface area contributed by atoms with Gasteiger partial charge in [0, 0.05) is 18.1 Å². The number of anilines is 1. The van der Waals surface area contributed by atoms with Gasteiger partial charge in [0.1, 0.15) is 5.82 Å². The van der Waals surface area contributed by atoms with Crippen LogP contribution in [0.3, 0.4) is 0 Å². The molecule has 20 heavy (non-hydrogen) atoms. The molecule has 2 unspecified atom stereocenters. The van der Waals surface area contributed by atoms with E-state index in [1.807, 2.05) is 0 Å². The van der Waals surface area contributed by atoms with Gasteiger partial charge in [0.05, 0.1) is 5.69 Å². The highest BCUT2D eigenvalue weighted by Gasteiger charge is 2.30. The van der Waals surface area contributed by atoms with Crippen molar-refractivity contribution in [1.82, 2.24) is 0 Å². The summed E-state index contributed by atoms with van der Waals surface area (Å²) in [5.41, 5.74) is 5.30. The van der Waals surface area contributed by atoms with Crippen molar-refractivity contribution in [3.05, 3.63) is 29.6 Å². The minimum Gasteiger partial charge on any atom is -0.330 e. The minimum absolute atomic E-state index is 0.0529. The Balaban J connectivity index is 2.13. The summed E-state index contributed by atoms with van der Waals surface area (Å²) in [6, 6.07) is 1.08. The Morgan fingerprint density at radius 3 is 2.50 bits per heavy atom. The molecule has 2 rings (SSSR count). The van der Waals surface area contributed by atoms with E-state index in [4.69, 9.17) is 5.73 Å². The standard InChI is InChI=1S/C14H17F3N2O/c15-10-5-12(17)13(6-11(10)16)19-14(20)9-4-2-1-3-8(9)7-18/h5-6,8-9H,1-4,7,18H2,(H,19,20). The van der Waals surface area contributed by atoms with Crippen molar-refractivity contribution < 1.29 is 18.0 Å². The zero-order chi connectivity index (χ0) is 14.7. The zero-order valence-electron chi connectivity index (χ0n) is 11.0. The van der Waals surface area contributed by atoms with E-state index in [0.29, 0.717) is 25.1 Å². The van der Waals surface area contributed by atoms with Crippen LogP contribution >= 0.6 is 0 Å². The summed E-state index contributed by atoms with van der Waals surface area (Å²) in [4.78, 5) is 12.1. The number of hydrogen-bond acceptors (Lipinski definition) is 2. The van der Waals surface area contributed by atoms with Gasteiger partial charge in [0.15, 0.2) is 11.6 Å². The third-order valence-corrected chi connectivity index (χ3v) is 3.82. The van der Waals surface area contributed by atoms with E-state index in [0.717, 1.165) is 19.3 Å². The molecule has 0 bridgehead atoms. The maximum absolute atomic E-state index is 13.5. The first kappa shape index (κ1) is 14.8. The Morgan fingerprint density at radius 2 is 1.80 bits per heavy atom. The number of nitrogens with two attached hydrogens (primary N) is 1. The summed E-state index contributed by atoms with van der Waals surface area (Å²) in [5.74, 6) is -4.10. The van der Waals surface area contributed by atoms with Gasteiger partial charge in [0.2, 0.25) is 5.91 Å². The van der Waals surface area contributed by atoms with Crippen molar-refractivity contribution in [1.29, 1.82) is 0 Å². The first-order chi connectivity index (χ1) is 9.52. The second-order valence-corrected chi connectivity index (χ2v) is 5.12. The van der Waals surface area contributed by atoms with Gasteiger partial charge in [0.25, 0.3) is 0 Å². The first-order valence-corrected chi connectivity index (χ1v) is 6.68. The highest BCUT2D eigenvalue weighted by atomic mass is 19.2. The lowest BCUT2D eigenvalue weighted by Crippen LogP contribution is -2.35. The quantitative estimate of drug-likeness (QED) is 0.839. The lowest BCUT2D eigenvalue weighted by molar-refractivity contribution is -0.122. The molecule has 110 valence electrons. The Labute approximate surface area is 115 Å². The lowest BCUT2D eigenvalue weighted by atomic mass is 9.78. The molecular weight excluding hydrogens is 269 g/mol. The molecule has 1 aromatic carbocycles. The number of benzene rings is 1. The fourth-order valence-electron chi connectivity index (χ4n) is 2.68. The van der Waals surface area contributed by atoms with Gasteiger partial charge in [-0.15, -0.1) is 0 Å². The minimum atomic E-state index is -1.28. The Bertz CT molecular complexity index is 507. The highest BCUT2D eigenvalue weighted by molar-refractivity contribution is 5.92. The van der Waals surface area contributed by atoms with Gasteiger partial charge in [-0.05, 0) is 25.3 Å². The largest absolute Gasteiger partial charge is 0.330 e. The van der Waals surface area contributed by atoms with Crippen molar-refractivity contribution in [3.8, 4) is 0 Å². The fraction of sp³-hybridized carbons (Fsp3) is 0.500. The Kier molecular flexibility index (Phi) is 4.65. The molecule has 0 aliphatic heterocycles. The lowest BCUT2D eigenvalue weighted by Gasteiger charge is -2.29. The molecule has 1 fully saturated rings. The van der Waals surface area contributed by atoms with Crippen LogP contribution in [0, 0.1) is 29.3 Å². The van der Waals surface area contributed by atoms with Crippen molar-refractivity contribution >= 4 is 11.6 Å². The average molecular weight is 286 g/mol. The van der Waals surface area contributed by atoms with Crippen LogP contribution in [0.25, 0.3) is 0 Å².